The highest BCUT2D eigenvalue weighted by atomic mass is 127. The maximum atomic E-state index is 10.1. The van der Waals surface area contributed by atoms with Crippen LogP contribution in [0.2, 0.25) is 0 Å². The van der Waals surface area contributed by atoms with Crippen molar-refractivity contribution >= 4 is 39.6 Å². The van der Waals surface area contributed by atoms with Crippen molar-refractivity contribution in [2.45, 2.75) is 24.5 Å². The van der Waals surface area contributed by atoms with Crippen LogP contribution < -0.4 is 5.32 Å². The normalized spacial score (nSPS) is 29.2. The van der Waals surface area contributed by atoms with E-state index in [1.807, 2.05) is 22.6 Å². The van der Waals surface area contributed by atoms with Gasteiger partial charge in [0.05, 0.1) is 12.9 Å². The molecule has 0 aliphatic carbocycles. The first kappa shape index (κ1) is 14.8. The molecule has 1 aliphatic rings. The number of aliphatic hydroxyl groups excluding tert-OH is 3. The van der Waals surface area contributed by atoms with Gasteiger partial charge in [0.2, 0.25) is 0 Å². The zero-order valence-corrected chi connectivity index (χ0v) is 13.2. The molecule has 3 rings (SSSR count). The van der Waals surface area contributed by atoms with E-state index in [-0.39, 0.29) is 6.61 Å². The van der Waals surface area contributed by atoms with Gasteiger partial charge in [-0.3, -0.25) is 4.57 Å². The van der Waals surface area contributed by atoms with E-state index in [9.17, 15) is 10.2 Å². The summed E-state index contributed by atoms with van der Waals surface area (Å²) in [5.74, 6) is 0.565. The summed E-state index contributed by atoms with van der Waals surface area (Å²) in [7, 11) is 1.73. The molecule has 1 saturated heterocycles. The van der Waals surface area contributed by atoms with Crippen molar-refractivity contribution in [3.8, 4) is 0 Å². The summed E-state index contributed by atoms with van der Waals surface area (Å²) in [6, 6.07) is 0. The van der Waals surface area contributed by atoms with Crippen molar-refractivity contribution in [3.63, 3.8) is 0 Å². The summed E-state index contributed by atoms with van der Waals surface area (Å²) in [4.78, 5) is 12.7. The van der Waals surface area contributed by atoms with Crippen LogP contribution in [0.15, 0.2) is 6.33 Å². The largest absolute Gasteiger partial charge is 0.394 e. The molecule has 3 heterocycles. The van der Waals surface area contributed by atoms with Gasteiger partial charge < -0.3 is 25.4 Å². The van der Waals surface area contributed by atoms with Crippen LogP contribution >= 0.6 is 22.6 Å². The second-order valence-electron chi connectivity index (χ2n) is 4.64. The minimum absolute atomic E-state index is 0.379. The monoisotopic (exact) mass is 407 g/mol. The molecule has 114 valence electrons. The molecule has 0 unspecified atom stereocenters. The lowest BCUT2D eigenvalue weighted by Crippen LogP contribution is -2.33. The van der Waals surface area contributed by atoms with Gasteiger partial charge in [-0.25, -0.2) is 15.0 Å². The summed E-state index contributed by atoms with van der Waals surface area (Å²) >= 11 is 1.98. The van der Waals surface area contributed by atoms with Gasteiger partial charge in [0.15, 0.2) is 27.0 Å². The van der Waals surface area contributed by atoms with E-state index < -0.39 is 24.5 Å². The summed E-state index contributed by atoms with van der Waals surface area (Å²) in [6.45, 7) is -0.379. The molecule has 0 amide bonds. The van der Waals surface area contributed by atoms with Crippen LogP contribution in [0, 0.1) is 3.83 Å². The third-order valence-corrected chi connectivity index (χ3v) is 3.90. The molecule has 2 aromatic rings. The Bertz CT molecular complexity index is 665. The fraction of sp³-hybridized carbons (Fsp3) is 0.545. The van der Waals surface area contributed by atoms with E-state index in [1.165, 1.54) is 10.9 Å². The summed E-state index contributed by atoms with van der Waals surface area (Å²) in [5.41, 5.74) is 1.02. The van der Waals surface area contributed by atoms with E-state index in [0.717, 1.165) is 0 Å². The Morgan fingerprint density at radius 1 is 1.38 bits per heavy atom. The minimum atomic E-state index is -1.18. The van der Waals surface area contributed by atoms with Crippen LogP contribution in [-0.4, -0.2) is 66.8 Å². The van der Waals surface area contributed by atoms with Crippen molar-refractivity contribution < 1.29 is 20.1 Å². The Morgan fingerprint density at radius 2 is 2.14 bits per heavy atom. The van der Waals surface area contributed by atoms with Crippen molar-refractivity contribution in [2.75, 3.05) is 19.0 Å². The maximum absolute atomic E-state index is 10.1. The lowest BCUT2D eigenvalue weighted by Gasteiger charge is -2.16. The lowest BCUT2D eigenvalue weighted by molar-refractivity contribution is -0.0511. The molecule has 21 heavy (non-hydrogen) atoms. The quantitative estimate of drug-likeness (QED) is 0.381. The first-order valence-corrected chi connectivity index (χ1v) is 7.35. The number of nitrogens with one attached hydrogen (secondary N) is 1. The summed E-state index contributed by atoms with van der Waals surface area (Å²) in [6.07, 6.45) is -2.58. The SMILES string of the molecule is CNc1nc(I)nc2c1ncn2[C@@H]1O[C@H](CO)[C@@H](O)[C@H]1O. The van der Waals surface area contributed by atoms with Gasteiger partial charge in [0.25, 0.3) is 0 Å². The number of rotatable bonds is 3. The predicted molar refractivity (Wildman–Crippen MR) is 80.6 cm³/mol. The van der Waals surface area contributed by atoms with Gasteiger partial charge in [-0.2, -0.15) is 0 Å². The molecule has 9 nitrogen and oxygen atoms in total. The van der Waals surface area contributed by atoms with Crippen molar-refractivity contribution in [1.82, 2.24) is 19.5 Å². The van der Waals surface area contributed by atoms with E-state index in [2.05, 4.69) is 20.3 Å². The standard InChI is InChI=1S/C11H14IN5O4/c1-13-8-5-9(16-11(12)15-8)17(3-14-5)10-7(20)6(19)4(2-18)21-10/h3-4,6-7,10,18-20H,2H2,1H3,(H,13,15,16)/t4-,6-,7-,10-/m1/s1. The first-order chi connectivity index (χ1) is 10.1. The number of hydrogen-bond donors (Lipinski definition) is 4. The number of aliphatic hydroxyl groups is 3. The van der Waals surface area contributed by atoms with E-state index >= 15 is 0 Å². The molecule has 0 saturated carbocycles. The third kappa shape index (κ3) is 2.36. The smallest absolute Gasteiger partial charge is 0.194 e. The minimum Gasteiger partial charge on any atom is -0.394 e. The molecule has 1 aliphatic heterocycles. The van der Waals surface area contributed by atoms with E-state index in [0.29, 0.717) is 20.8 Å². The Balaban J connectivity index is 2.07. The number of halogens is 1. The Hall–Kier alpha value is -1.08. The Labute approximate surface area is 133 Å². The average Bonchev–Trinajstić information content (AvgIpc) is 3.01. The number of imidazole rings is 1. The highest BCUT2D eigenvalue weighted by molar-refractivity contribution is 14.1. The molecule has 2 aromatic heterocycles. The number of nitrogens with zero attached hydrogens (tertiary/aromatic N) is 4. The molecule has 4 atom stereocenters. The Kier molecular flexibility index (Phi) is 3.96. The van der Waals surface area contributed by atoms with Gasteiger partial charge in [-0.05, 0) is 0 Å². The fourth-order valence-electron chi connectivity index (χ4n) is 2.36. The molecule has 4 N–H and O–H groups in total. The molecule has 0 radical (unpaired) electrons. The first-order valence-electron chi connectivity index (χ1n) is 6.27. The Morgan fingerprint density at radius 3 is 2.76 bits per heavy atom. The summed E-state index contributed by atoms with van der Waals surface area (Å²) in [5, 5.41) is 32.0. The van der Waals surface area contributed by atoms with Crippen LogP contribution in [0.5, 0.6) is 0 Å². The van der Waals surface area contributed by atoms with Crippen LogP contribution in [0.1, 0.15) is 6.23 Å². The van der Waals surface area contributed by atoms with Gasteiger partial charge in [-0.15, -0.1) is 0 Å². The van der Waals surface area contributed by atoms with Gasteiger partial charge in [0.1, 0.15) is 18.3 Å². The van der Waals surface area contributed by atoms with Crippen molar-refractivity contribution in [2.24, 2.45) is 0 Å². The highest BCUT2D eigenvalue weighted by Crippen LogP contribution is 2.32. The van der Waals surface area contributed by atoms with Gasteiger partial charge >= 0.3 is 0 Å². The summed E-state index contributed by atoms with van der Waals surface area (Å²) < 4.78 is 7.53. The van der Waals surface area contributed by atoms with E-state index in [1.54, 1.807) is 7.05 Å². The molecule has 0 bridgehead atoms. The molecule has 10 heteroatoms. The van der Waals surface area contributed by atoms with Crippen LogP contribution in [0.3, 0.4) is 0 Å². The van der Waals surface area contributed by atoms with Crippen molar-refractivity contribution in [1.29, 1.82) is 0 Å². The van der Waals surface area contributed by atoms with Crippen LogP contribution in [0.4, 0.5) is 5.82 Å². The fourth-order valence-corrected chi connectivity index (χ4v) is 2.83. The molecular formula is C11H14IN5O4. The molecule has 1 fully saturated rings. The lowest BCUT2D eigenvalue weighted by atomic mass is 10.1. The van der Waals surface area contributed by atoms with Crippen LogP contribution in [0.25, 0.3) is 11.2 Å². The van der Waals surface area contributed by atoms with Gasteiger partial charge in [-0.1, -0.05) is 0 Å². The average molecular weight is 407 g/mol. The maximum Gasteiger partial charge on any atom is 0.194 e. The number of hydrogen-bond acceptors (Lipinski definition) is 8. The zero-order valence-electron chi connectivity index (χ0n) is 11.0. The third-order valence-electron chi connectivity index (χ3n) is 3.42. The number of fused-ring (bicyclic) bond motifs is 1. The number of anilines is 1. The predicted octanol–water partition coefficient (Wildman–Crippen LogP) is -0.916. The second-order valence-corrected chi connectivity index (χ2v) is 5.61. The molecule has 0 aromatic carbocycles. The molecule has 0 spiro atoms. The van der Waals surface area contributed by atoms with E-state index in [4.69, 9.17) is 9.84 Å². The second kappa shape index (κ2) is 5.61. The molecular weight excluding hydrogens is 393 g/mol. The van der Waals surface area contributed by atoms with Crippen molar-refractivity contribution in [3.05, 3.63) is 10.2 Å². The number of aromatic nitrogens is 4. The highest BCUT2D eigenvalue weighted by Gasteiger charge is 2.44. The van der Waals surface area contributed by atoms with Gasteiger partial charge in [0, 0.05) is 29.6 Å². The van der Waals surface area contributed by atoms with Crippen LogP contribution in [-0.2, 0) is 4.74 Å². The topological polar surface area (TPSA) is 126 Å². The number of ether oxygens (including phenoxy) is 1. The zero-order chi connectivity index (χ0) is 15.1.